The fraction of sp³-hybridized carbons (Fsp3) is 0.429. The monoisotopic (exact) mass is 251 g/mol. The molecule has 1 nitrogen and oxygen atoms in total. The molecule has 1 N–H and O–H groups in total. The third kappa shape index (κ3) is 2.50. The molecule has 0 saturated carbocycles. The van der Waals surface area contributed by atoms with Crippen molar-refractivity contribution < 1.29 is 4.39 Å². The molecule has 0 atom stereocenters. The molecule has 0 saturated heterocycles. The predicted octanol–water partition coefficient (Wildman–Crippen LogP) is 4.27. The highest BCUT2D eigenvalue weighted by Gasteiger charge is 2.15. The zero-order valence-corrected chi connectivity index (χ0v) is 11.3. The van der Waals surface area contributed by atoms with Gasteiger partial charge in [0.1, 0.15) is 5.82 Å². The summed E-state index contributed by atoms with van der Waals surface area (Å²) in [5.41, 5.74) is 1.30. The van der Waals surface area contributed by atoms with Gasteiger partial charge < -0.3 is 5.32 Å². The Morgan fingerprint density at radius 3 is 2.76 bits per heavy atom. The van der Waals surface area contributed by atoms with Crippen molar-refractivity contribution in [2.24, 2.45) is 0 Å². The van der Waals surface area contributed by atoms with Crippen LogP contribution in [0, 0.1) is 5.82 Å². The van der Waals surface area contributed by atoms with Gasteiger partial charge in [-0.3, -0.25) is 0 Å². The topological polar surface area (TPSA) is 12.0 Å². The lowest BCUT2D eigenvalue weighted by molar-refractivity contribution is 0.629. The molecule has 0 aliphatic rings. The van der Waals surface area contributed by atoms with E-state index in [1.807, 2.05) is 6.07 Å². The molecule has 2 aromatic rings. The predicted molar refractivity (Wildman–Crippen MR) is 73.3 cm³/mol. The molecule has 0 aliphatic carbocycles. The molecule has 0 spiro atoms. The van der Waals surface area contributed by atoms with Crippen LogP contribution in [0.4, 0.5) is 4.39 Å². The van der Waals surface area contributed by atoms with Crippen molar-refractivity contribution >= 4 is 21.4 Å². The Morgan fingerprint density at radius 2 is 2.12 bits per heavy atom. The molecule has 2 rings (SSSR count). The lowest BCUT2D eigenvalue weighted by Gasteiger charge is -2.08. The van der Waals surface area contributed by atoms with E-state index in [4.69, 9.17) is 0 Å². The molecule has 0 aliphatic heterocycles. The van der Waals surface area contributed by atoms with Gasteiger partial charge in [-0.1, -0.05) is 20.8 Å². The maximum absolute atomic E-state index is 13.3. The minimum absolute atomic E-state index is 0.146. The first-order valence-electron chi connectivity index (χ1n) is 6.05. The summed E-state index contributed by atoms with van der Waals surface area (Å²) < 4.78 is 14.5. The van der Waals surface area contributed by atoms with Gasteiger partial charge in [0.15, 0.2) is 0 Å². The Hall–Kier alpha value is -0.930. The Balaban J connectivity index is 2.54. The molecule has 0 fully saturated rings. The summed E-state index contributed by atoms with van der Waals surface area (Å²) in [5, 5.41) is 4.43. The molecule has 0 bridgehead atoms. The number of thiophene rings is 1. The summed E-state index contributed by atoms with van der Waals surface area (Å²) in [5.74, 6) is 0.284. The zero-order valence-electron chi connectivity index (χ0n) is 10.5. The van der Waals surface area contributed by atoms with Crippen molar-refractivity contribution in [1.29, 1.82) is 0 Å². The summed E-state index contributed by atoms with van der Waals surface area (Å²) in [6, 6.07) is 5.09. The molecule has 0 radical (unpaired) electrons. The molecular weight excluding hydrogens is 233 g/mol. The van der Waals surface area contributed by atoms with E-state index >= 15 is 0 Å². The molecule has 92 valence electrons. The Kier molecular flexibility index (Phi) is 3.79. The summed E-state index contributed by atoms with van der Waals surface area (Å²) in [6.07, 6.45) is 0. The average molecular weight is 251 g/mol. The second-order valence-electron chi connectivity index (χ2n) is 4.51. The van der Waals surface area contributed by atoms with Crippen LogP contribution in [-0.4, -0.2) is 6.54 Å². The molecule has 17 heavy (non-hydrogen) atoms. The first-order valence-corrected chi connectivity index (χ1v) is 6.86. The lowest BCUT2D eigenvalue weighted by atomic mass is 9.99. The minimum atomic E-state index is -0.146. The van der Waals surface area contributed by atoms with Crippen LogP contribution >= 0.6 is 11.3 Å². The largest absolute Gasteiger partial charge is 0.312 e. The van der Waals surface area contributed by atoms with Crippen molar-refractivity contribution in [1.82, 2.24) is 5.32 Å². The van der Waals surface area contributed by atoms with Crippen molar-refractivity contribution in [2.75, 3.05) is 6.54 Å². The Morgan fingerprint density at radius 1 is 1.35 bits per heavy atom. The highest BCUT2D eigenvalue weighted by Crippen LogP contribution is 2.36. The van der Waals surface area contributed by atoms with Crippen LogP contribution < -0.4 is 5.32 Å². The fourth-order valence-electron chi connectivity index (χ4n) is 2.14. The fourth-order valence-corrected chi connectivity index (χ4v) is 3.45. The minimum Gasteiger partial charge on any atom is -0.312 e. The van der Waals surface area contributed by atoms with Gasteiger partial charge in [0, 0.05) is 16.1 Å². The number of rotatable bonds is 4. The third-order valence-electron chi connectivity index (χ3n) is 2.88. The number of benzene rings is 1. The maximum atomic E-state index is 13.3. The summed E-state index contributed by atoms with van der Waals surface area (Å²) >= 11 is 1.77. The van der Waals surface area contributed by atoms with E-state index in [0.29, 0.717) is 5.92 Å². The zero-order chi connectivity index (χ0) is 12.4. The number of nitrogens with one attached hydrogen (secondary N) is 1. The highest BCUT2D eigenvalue weighted by atomic mass is 32.1. The van der Waals surface area contributed by atoms with E-state index in [-0.39, 0.29) is 5.82 Å². The summed E-state index contributed by atoms with van der Waals surface area (Å²) in [7, 11) is 0. The van der Waals surface area contributed by atoms with Gasteiger partial charge >= 0.3 is 0 Å². The number of halogens is 1. The number of hydrogen-bond acceptors (Lipinski definition) is 2. The smallest absolute Gasteiger partial charge is 0.123 e. The van der Waals surface area contributed by atoms with Crippen LogP contribution in [-0.2, 0) is 6.54 Å². The van der Waals surface area contributed by atoms with Crippen molar-refractivity contribution in [3.8, 4) is 0 Å². The molecule has 0 unspecified atom stereocenters. The summed E-state index contributed by atoms with van der Waals surface area (Å²) in [4.78, 5) is 1.34. The van der Waals surface area contributed by atoms with Crippen molar-refractivity contribution in [3.05, 3.63) is 34.5 Å². The quantitative estimate of drug-likeness (QED) is 0.855. The average Bonchev–Trinajstić information content (AvgIpc) is 2.63. The standard InChI is InChI=1S/C14H18FNS/c1-4-16-8-13-14(9(2)3)11-7-10(15)5-6-12(11)17-13/h5-7,9,16H,4,8H2,1-3H3. The lowest BCUT2D eigenvalue weighted by Crippen LogP contribution is -2.12. The molecular formula is C14H18FNS. The van der Waals surface area contributed by atoms with Gasteiger partial charge in [0.05, 0.1) is 0 Å². The van der Waals surface area contributed by atoms with Crippen LogP contribution in [0.3, 0.4) is 0 Å². The van der Waals surface area contributed by atoms with E-state index in [2.05, 4.69) is 26.1 Å². The summed E-state index contributed by atoms with van der Waals surface area (Å²) in [6.45, 7) is 8.27. The van der Waals surface area contributed by atoms with Crippen LogP contribution in [0.1, 0.15) is 37.1 Å². The van der Waals surface area contributed by atoms with E-state index in [1.54, 1.807) is 23.5 Å². The molecule has 0 amide bonds. The van der Waals surface area contributed by atoms with Crippen LogP contribution in [0.25, 0.3) is 10.1 Å². The second-order valence-corrected chi connectivity index (χ2v) is 5.65. The first-order chi connectivity index (χ1) is 8.13. The van der Waals surface area contributed by atoms with Crippen LogP contribution in [0.2, 0.25) is 0 Å². The maximum Gasteiger partial charge on any atom is 0.123 e. The van der Waals surface area contributed by atoms with Gasteiger partial charge in [-0.15, -0.1) is 11.3 Å². The van der Waals surface area contributed by atoms with Crippen molar-refractivity contribution in [2.45, 2.75) is 33.2 Å². The molecule has 1 aromatic heterocycles. The molecule has 1 aromatic carbocycles. The van der Waals surface area contributed by atoms with Gasteiger partial charge in [-0.2, -0.15) is 0 Å². The van der Waals surface area contributed by atoms with Crippen molar-refractivity contribution in [3.63, 3.8) is 0 Å². The Labute approximate surface area is 106 Å². The molecule has 1 heterocycles. The van der Waals surface area contributed by atoms with Gasteiger partial charge in [0.2, 0.25) is 0 Å². The van der Waals surface area contributed by atoms with Crippen LogP contribution in [0.15, 0.2) is 18.2 Å². The van der Waals surface area contributed by atoms with Gasteiger partial charge in [-0.25, -0.2) is 4.39 Å². The normalized spacial score (nSPS) is 11.6. The third-order valence-corrected chi connectivity index (χ3v) is 4.06. The number of fused-ring (bicyclic) bond motifs is 1. The van der Waals surface area contributed by atoms with E-state index in [9.17, 15) is 4.39 Å². The van der Waals surface area contributed by atoms with Gasteiger partial charge in [-0.05, 0) is 41.6 Å². The second kappa shape index (κ2) is 5.15. The van der Waals surface area contributed by atoms with E-state index < -0.39 is 0 Å². The highest BCUT2D eigenvalue weighted by molar-refractivity contribution is 7.19. The SMILES string of the molecule is CCNCc1sc2ccc(F)cc2c1C(C)C. The van der Waals surface area contributed by atoms with Crippen LogP contribution in [0.5, 0.6) is 0 Å². The van der Waals surface area contributed by atoms with Gasteiger partial charge in [0.25, 0.3) is 0 Å². The Bertz CT molecular complexity index is 516. The first kappa shape index (κ1) is 12.5. The van der Waals surface area contributed by atoms with E-state index in [0.717, 1.165) is 18.5 Å². The number of hydrogen-bond donors (Lipinski definition) is 1. The molecule has 3 heteroatoms. The van der Waals surface area contributed by atoms with E-state index in [1.165, 1.54) is 15.1 Å².